The van der Waals surface area contributed by atoms with Gasteiger partial charge in [0.05, 0.1) is 11.6 Å². The molecule has 2 aliphatic heterocycles. The Morgan fingerprint density at radius 3 is 2.94 bits per heavy atom. The number of carbonyl (C=O) groups excluding carboxylic acids is 1. The standard InChI is InChI=1S/C22H23FN6O3/c1-12-20(30)27-19-15(25-12)4-3-13(18(19)23)9-28-7-8-29-14(10-28)11-32-22-17(29)6-5-16(26-22)21(31)24-2/h3-6,14H,7-11H2,1-2H3,(H,24,31)(H,27,30)/t14-/m0/s1. The minimum absolute atomic E-state index is 0.0940. The first-order valence-corrected chi connectivity index (χ1v) is 10.5. The fourth-order valence-corrected chi connectivity index (χ4v) is 4.33. The summed E-state index contributed by atoms with van der Waals surface area (Å²) >= 11 is 0. The number of H-pyrrole nitrogens is 1. The van der Waals surface area contributed by atoms with E-state index in [9.17, 15) is 9.59 Å². The van der Waals surface area contributed by atoms with Crippen LogP contribution in [0.1, 0.15) is 21.7 Å². The minimum Gasteiger partial charge on any atom is -0.474 e. The van der Waals surface area contributed by atoms with Gasteiger partial charge in [-0.1, -0.05) is 6.07 Å². The normalized spacial score (nSPS) is 18.1. The maximum atomic E-state index is 15.1. The van der Waals surface area contributed by atoms with E-state index in [-0.39, 0.29) is 23.0 Å². The molecule has 0 aliphatic carbocycles. The van der Waals surface area contributed by atoms with Gasteiger partial charge in [-0.2, -0.15) is 0 Å². The molecule has 3 aromatic rings. The largest absolute Gasteiger partial charge is 0.474 e. The summed E-state index contributed by atoms with van der Waals surface area (Å²) < 4.78 is 20.9. The average molecular weight is 438 g/mol. The molecule has 0 radical (unpaired) electrons. The van der Waals surface area contributed by atoms with Gasteiger partial charge in [0.2, 0.25) is 5.88 Å². The zero-order valence-electron chi connectivity index (χ0n) is 17.8. The van der Waals surface area contributed by atoms with E-state index in [0.29, 0.717) is 48.0 Å². The quantitative estimate of drug-likeness (QED) is 0.634. The van der Waals surface area contributed by atoms with E-state index in [1.165, 1.54) is 0 Å². The Morgan fingerprint density at radius 1 is 1.28 bits per heavy atom. The molecule has 1 saturated heterocycles. The molecule has 32 heavy (non-hydrogen) atoms. The molecule has 1 amide bonds. The average Bonchev–Trinajstić information content (AvgIpc) is 2.81. The van der Waals surface area contributed by atoms with Crippen molar-refractivity contribution >= 4 is 22.6 Å². The molecule has 2 aliphatic rings. The molecule has 0 bridgehead atoms. The van der Waals surface area contributed by atoms with E-state index < -0.39 is 5.82 Å². The predicted octanol–water partition coefficient (Wildman–Crippen LogP) is 1.21. The van der Waals surface area contributed by atoms with Gasteiger partial charge in [0, 0.05) is 38.8 Å². The van der Waals surface area contributed by atoms with Crippen LogP contribution in [0.25, 0.3) is 11.0 Å². The Balaban J connectivity index is 1.34. The number of piperazine rings is 1. The molecular weight excluding hydrogens is 415 g/mol. The lowest BCUT2D eigenvalue weighted by molar-refractivity contribution is 0.0956. The molecule has 2 aromatic heterocycles. The number of ether oxygens (including phenoxy) is 1. The summed E-state index contributed by atoms with van der Waals surface area (Å²) in [7, 11) is 1.56. The molecule has 10 heteroatoms. The summed E-state index contributed by atoms with van der Waals surface area (Å²) in [5.41, 5.74) is 2.21. The molecule has 166 valence electrons. The maximum absolute atomic E-state index is 15.1. The summed E-state index contributed by atoms with van der Waals surface area (Å²) in [5, 5.41) is 2.56. The number of aromatic nitrogens is 3. The number of nitrogens with zero attached hydrogens (tertiary/aromatic N) is 4. The fraction of sp³-hybridized carbons (Fsp3) is 0.364. The van der Waals surface area contributed by atoms with E-state index in [1.807, 2.05) is 6.07 Å². The first kappa shape index (κ1) is 20.4. The zero-order valence-corrected chi connectivity index (χ0v) is 17.8. The van der Waals surface area contributed by atoms with Crippen LogP contribution in [0.5, 0.6) is 5.88 Å². The third-order valence-electron chi connectivity index (χ3n) is 6.04. The Bertz CT molecular complexity index is 1280. The Labute approximate surface area is 183 Å². The number of benzene rings is 1. The lowest BCUT2D eigenvalue weighted by Gasteiger charge is -2.45. The van der Waals surface area contributed by atoms with Crippen molar-refractivity contribution in [1.82, 2.24) is 25.2 Å². The van der Waals surface area contributed by atoms with Crippen LogP contribution in [0.15, 0.2) is 29.1 Å². The highest BCUT2D eigenvalue weighted by Crippen LogP contribution is 2.34. The van der Waals surface area contributed by atoms with Gasteiger partial charge in [-0.15, -0.1) is 0 Å². The van der Waals surface area contributed by atoms with Crippen LogP contribution in [0.3, 0.4) is 0 Å². The van der Waals surface area contributed by atoms with Crippen molar-refractivity contribution in [3.05, 3.63) is 57.4 Å². The third kappa shape index (κ3) is 3.46. The van der Waals surface area contributed by atoms with E-state index in [2.05, 4.69) is 30.1 Å². The Morgan fingerprint density at radius 2 is 2.12 bits per heavy atom. The molecule has 2 N–H and O–H groups in total. The summed E-state index contributed by atoms with van der Waals surface area (Å²) in [6.07, 6.45) is 0. The van der Waals surface area contributed by atoms with E-state index >= 15 is 4.39 Å². The van der Waals surface area contributed by atoms with Crippen molar-refractivity contribution < 1.29 is 13.9 Å². The number of pyridine rings is 1. The number of aryl methyl sites for hydroxylation is 1. The third-order valence-corrected chi connectivity index (χ3v) is 6.04. The molecule has 0 spiro atoms. The summed E-state index contributed by atoms with van der Waals surface area (Å²) in [6, 6.07) is 7.12. The van der Waals surface area contributed by atoms with Crippen molar-refractivity contribution in [1.29, 1.82) is 0 Å². The summed E-state index contributed by atoms with van der Waals surface area (Å²) in [6.45, 7) is 4.61. The van der Waals surface area contributed by atoms with Crippen LogP contribution in [-0.2, 0) is 6.54 Å². The second-order valence-corrected chi connectivity index (χ2v) is 8.08. The molecule has 4 heterocycles. The highest BCUT2D eigenvalue weighted by molar-refractivity contribution is 5.92. The van der Waals surface area contributed by atoms with E-state index in [4.69, 9.17) is 4.74 Å². The van der Waals surface area contributed by atoms with Gasteiger partial charge in [-0.3, -0.25) is 14.5 Å². The Hall–Kier alpha value is -3.53. The first-order chi connectivity index (χ1) is 15.4. The Kier molecular flexibility index (Phi) is 5.01. The zero-order chi connectivity index (χ0) is 22.4. The highest BCUT2D eigenvalue weighted by Gasteiger charge is 2.34. The second kappa shape index (κ2) is 7.86. The van der Waals surface area contributed by atoms with Crippen molar-refractivity contribution in [2.75, 3.05) is 38.2 Å². The number of anilines is 1. The fourth-order valence-electron chi connectivity index (χ4n) is 4.33. The molecule has 1 aromatic carbocycles. The number of hydrogen-bond acceptors (Lipinski definition) is 7. The minimum atomic E-state index is -0.439. The van der Waals surface area contributed by atoms with Gasteiger partial charge in [0.25, 0.3) is 11.5 Å². The highest BCUT2D eigenvalue weighted by atomic mass is 19.1. The van der Waals surface area contributed by atoms with Gasteiger partial charge in [-0.05, 0) is 25.1 Å². The summed E-state index contributed by atoms with van der Waals surface area (Å²) in [4.78, 5) is 39.2. The lowest BCUT2D eigenvalue weighted by Crippen LogP contribution is -2.57. The van der Waals surface area contributed by atoms with Crippen LogP contribution in [0.4, 0.5) is 10.1 Å². The van der Waals surface area contributed by atoms with Crippen LogP contribution >= 0.6 is 0 Å². The number of aromatic amines is 1. The van der Waals surface area contributed by atoms with Crippen molar-refractivity contribution in [3.63, 3.8) is 0 Å². The van der Waals surface area contributed by atoms with Crippen molar-refractivity contribution in [2.24, 2.45) is 0 Å². The maximum Gasteiger partial charge on any atom is 0.269 e. The number of carbonyl (C=O) groups is 1. The van der Waals surface area contributed by atoms with Crippen LogP contribution in [0.2, 0.25) is 0 Å². The topological polar surface area (TPSA) is 103 Å². The van der Waals surface area contributed by atoms with E-state index in [0.717, 1.165) is 18.8 Å². The molecule has 0 unspecified atom stereocenters. The van der Waals surface area contributed by atoms with E-state index in [1.54, 1.807) is 32.2 Å². The smallest absolute Gasteiger partial charge is 0.269 e. The first-order valence-electron chi connectivity index (χ1n) is 10.5. The number of fused-ring (bicyclic) bond motifs is 4. The molecule has 5 rings (SSSR count). The van der Waals surface area contributed by atoms with Gasteiger partial charge in [0.15, 0.2) is 5.82 Å². The van der Waals surface area contributed by atoms with Crippen molar-refractivity contribution in [2.45, 2.75) is 19.5 Å². The van der Waals surface area contributed by atoms with Crippen molar-refractivity contribution in [3.8, 4) is 5.88 Å². The summed E-state index contributed by atoms with van der Waals surface area (Å²) in [5.74, 6) is -0.235. The number of halogens is 1. The van der Waals surface area contributed by atoms with Crippen LogP contribution in [-0.4, -0.2) is 65.1 Å². The predicted molar refractivity (Wildman–Crippen MR) is 117 cm³/mol. The molecule has 0 saturated carbocycles. The number of amides is 1. The van der Waals surface area contributed by atoms with Gasteiger partial charge < -0.3 is 19.9 Å². The molecule has 9 nitrogen and oxygen atoms in total. The number of nitrogens with one attached hydrogen (secondary N) is 2. The molecule has 1 fully saturated rings. The lowest BCUT2D eigenvalue weighted by atomic mass is 10.1. The van der Waals surface area contributed by atoms with Gasteiger partial charge in [0.1, 0.15) is 29.2 Å². The monoisotopic (exact) mass is 438 g/mol. The SMILES string of the molecule is CNC(=O)c1ccc2c(n1)OC[C@@H]1CN(Cc3ccc4nc(C)c(=O)[nH]c4c3F)CCN21. The van der Waals surface area contributed by atoms with Crippen LogP contribution in [0, 0.1) is 12.7 Å². The number of rotatable bonds is 3. The van der Waals surface area contributed by atoms with Gasteiger partial charge in [-0.25, -0.2) is 14.4 Å². The molecular formula is C22H23FN6O3. The molecule has 1 atom stereocenters. The second-order valence-electron chi connectivity index (χ2n) is 8.08. The van der Waals surface area contributed by atoms with Crippen LogP contribution < -0.4 is 20.5 Å². The number of hydrogen-bond donors (Lipinski definition) is 2. The van der Waals surface area contributed by atoms with Gasteiger partial charge >= 0.3 is 0 Å².